The zero-order chi connectivity index (χ0) is 18.8. The van der Waals surface area contributed by atoms with Gasteiger partial charge in [0.05, 0.1) is 23.0 Å². The molecule has 134 valence electrons. The summed E-state index contributed by atoms with van der Waals surface area (Å²) in [5.74, 6) is 0.285. The third kappa shape index (κ3) is 3.22. The van der Waals surface area contributed by atoms with Crippen LogP contribution in [0.25, 0.3) is 22.6 Å². The van der Waals surface area contributed by atoms with Crippen LogP contribution in [-0.4, -0.2) is 17.1 Å². The Morgan fingerprint density at radius 3 is 2.93 bits per heavy atom. The van der Waals surface area contributed by atoms with Crippen molar-refractivity contribution < 1.29 is 13.9 Å². The second-order valence-electron chi connectivity index (χ2n) is 6.55. The highest BCUT2D eigenvalue weighted by molar-refractivity contribution is 6.06. The average Bonchev–Trinajstić information content (AvgIpc) is 3.19. The van der Waals surface area contributed by atoms with E-state index in [0.717, 1.165) is 52.8 Å². The van der Waals surface area contributed by atoms with Crippen LogP contribution in [0.1, 0.15) is 47.1 Å². The van der Waals surface area contributed by atoms with E-state index >= 15 is 0 Å². The first-order chi connectivity index (χ1) is 13.2. The summed E-state index contributed by atoms with van der Waals surface area (Å²) >= 11 is 0. The highest BCUT2D eigenvalue weighted by Crippen LogP contribution is 2.36. The molecular formula is C22H18N2O3. The lowest BCUT2D eigenvalue weighted by Gasteiger charge is -2.22. The van der Waals surface area contributed by atoms with Crippen LogP contribution < -0.4 is 0 Å². The van der Waals surface area contributed by atoms with Crippen LogP contribution in [0.4, 0.5) is 0 Å². The molecule has 3 aromatic rings. The van der Waals surface area contributed by atoms with Crippen molar-refractivity contribution in [3.8, 4) is 6.07 Å². The number of para-hydroxylation sites is 1. The molecule has 0 radical (unpaired) electrons. The summed E-state index contributed by atoms with van der Waals surface area (Å²) in [5.41, 5.74) is 3.99. The van der Waals surface area contributed by atoms with Crippen LogP contribution in [0.2, 0.25) is 0 Å². The van der Waals surface area contributed by atoms with E-state index in [2.05, 4.69) is 0 Å². The molecule has 5 heteroatoms. The Kier molecular flexibility index (Phi) is 4.47. The van der Waals surface area contributed by atoms with Crippen molar-refractivity contribution in [3.05, 3.63) is 65.2 Å². The third-order valence-corrected chi connectivity index (χ3v) is 4.70. The number of pyridine rings is 1. The fourth-order valence-electron chi connectivity index (χ4n) is 3.50. The number of allylic oxidation sites excluding steroid dienone is 1. The van der Waals surface area contributed by atoms with E-state index in [0.29, 0.717) is 5.56 Å². The number of carbonyl (C=O) groups is 1. The molecule has 1 aromatic carbocycles. The van der Waals surface area contributed by atoms with Crippen LogP contribution in [-0.2, 0) is 11.2 Å². The summed E-state index contributed by atoms with van der Waals surface area (Å²) in [4.78, 5) is 17.7. The van der Waals surface area contributed by atoms with Gasteiger partial charge in [-0.15, -0.1) is 0 Å². The van der Waals surface area contributed by atoms with Gasteiger partial charge in [0.2, 0.25) is 0 Å². The number of esters is 1. The Labute approximate surface area is 156 Å². The molecule has 2 aromatic heterocycles. The Balaban J connectivity index is 1.92. The standard InChI is InChI=1S/C22H18N2O3/c1-14(13-23)27-22(25)20-17-8-2-3-10-19(17)24-21-15(6-4-9-18(20)21)12-16-7-5-11-26-16/h2-3,5,7-8,10-12,14H,4,6,9H2,1H3/b15-12-/t14-/m1/s1. The third-order valence-electron chi connectivity index (χ3n) is 4.70. The molecule has 1 atom stereocenters. The maximum absolute atomic E-state index is 12.9. The number of nitrogens with zero attached hydrogens (tertiary/aromatic N) is 2. The highest BCUT2D eigenvalue weighted by Gasteiger charge is 2.26. The molecule has 0 N–H and O–H groups in total. The Morgan fingerprint density at radius 2 is 2.15 bits per heavy atom. The van der Waals surface area contributed by atoms with Crippen LogP contribution in [0.15, 0.2) is 47.1 Å². The minimum Gasteiger partial charge on any atom is -0.465 e. The molecule has 1 aliphatic carbocycles. The molecule has 5 nitrogen and oxygen atoms in total. The van der Waals surface area contributed by atoms with Crippen molar-refractivity contribution >= 4 is 28.5 Å². The van der Waals surface area contributed by atoms with Gasteiger partial charge in [0.15, 0.2) is 6.10 Å². The van der Waals surface area contributed by atoms with Crippen molar-refractivity contribution in [2.45, 2.75) is 32.3 Å². The lowest BCUT2D eigenvalue weighted by molar-refractivity contribution is 0.0436. The van der Waals surface area contributed by atoms with E-state index in [-0.39, 0.29) is 0 Å². The summed E-state index contributed by atoms with van der Waals surface area (Å²) in [6, 6.07) is 13.2. The predicted octanol–water partition coefficient (Wildman–Crippen LogP) is 4.77. The SMILES string of the molecule is C[C@H](C#N)OC(=O)c1c2c(nc3ccccc13)/C(=C\c1ccco1)CCC2. The zero-order valence-electron chi connectivity index (χ0n) is 14.9. The average molecular weight is 358 g/mol. The monoisotopic (exact) mass is 358 g/mol. The quantitative estimate of drug-likeness (QED) is 0.630. The number of furan rings is 1. The van der Waals surface area contributed by atoms with Gasteiger partial charge in [-0.2, -0.15) is 5.26 Å². The minimum atomic E-state index is -0.804. The number of carbonyl (C=O) groups excluding carboxylic acids is 1. The van der Waals surface area contributed by atoms with Gasteiger partial charge in [-0.05, 0) is 61.6 Å². The molecule has 2 heterocycles. The first-order valence-corrected chi connectivity index (χ1v) is 8.94. The first kappa shape index (κ1) is 17.0. The van der Waals surface area contributed by atoms with E-state index in [1.165, 1.54) is 0 Å². The summed E-state index contributed by atoms with van der Waals surface area (Å²) in [6.45, 7) is 1.57. The summed E-state index contributed by atoms with van der Waals surface area (Å²) in [6.07, 6.45) is 5.33. The minimum absolute atomic E-state index is 0.474. The number of hydrogen-bond donors (Lipinski definition) is 0. The molecule has 0 amide bonds. The number of aromatic nitrogens is 1. The second-order valence-corrected chi connectivity index (χ2v) is 6.55. The largest absolute Gasteiger partial charge is 0.465 e. The van der Waals surface area contributed by atoms with E-state index < -0.39 is 12.1 Å². The molecule has 27 heavy (non-hydrogen) atoms. The normalized spacial score (nSPS) is 15.9. The lowest BCUT2D eigenvalue weighted by Crippen LogP contribution is -2.18. The number of nitriles is 1. The second kappa shape index (κ2) is 7.08. The molecule has 0 aliphatic heterocycles. The molecule has 0 spiro atoms. The van der Waals surface area contributed by atoms with Gasteiger partial charge in [0, 0.05) is 5.39 Å². The Morgan fingerprint density at radius 1 is 1.30 bits per heavy atom. The van der Waals surface area contributed by atoms with Gasteiger partial charge in [0.25, 0.3) is 0 Å². The summed E-state index contributed by atoms with van der Waals surface area (Å²) < 4.78 is 10.8. The van der Waals surface area contributed by atoms with Gasteiger partial charge in [-0.3, -0.25) is 0 Å². The van der Waals surface area contributed by atoms with Crippen molar-refractivity contribution in [1.82, 2.24) is 4.98 Å². The number of benzene rings is 1. The van der Waals surface area contributed by atoms with Gasteiger partial charge in [-0.1, -0.05) is 18.2 Å². The van der Waals surface area contributed by atoms with Gasteiger partial charge in [0.1, 0.15) is 11.8 Å². The molecule has 0 bridgehead atoms. The lowest BCUT2D eigenvalue weighted by atomic mass is 9.86. The van der Waals surface area contributed by atoms with E-state index in [1.807, 2.05) is 48.5 Å². The van der Waals surface area contributed by atoms with Crippen molar-refractivity contribution in [2.24, 2.45) is 0 Å². The number of fused-ring (bicyclic) bond motifs is 2. The molecule has 1 aliphatic rings. The zero-order valence-corrected chi connectivity index (χ0v) is 14.9. The van der Waals surface area contributed by atoms with Crippen LogP contribution in [0, 0.1) is 11.3 Å². The molecule has 0 unspecified atom stereocenters. The van der Waals surface area contributed by atoms with Crippen molar-refractivity contribution in [2.75, 3.05) is 0 Å². The molecule has 0 saturated carbocycles. The van der Waals surface area contributed by atoms with Crippen molar-refractivity contribution in [1.29, 1.82) is 5.26 Å². The number of rotatable bonds is 3. The van der Waals surface area contributed by atoms with Gasteiger partial charge >= 0.3 is 5.97 Å². The Hall–Kier alpha value is -3.39. The summed E-state index contributed by atoms with van der Waals surface area (Å²) in [5, 5.41) is 9.76. The molecule has 0 saturated heterocycles. The maximum atomic E-state index is 12.9. The molecule has 0 fully saturated rings. The van der Waals surface area contributed by atoms with E-state index in [1.54, 1.807) is 13.2 Å². The fraction of sp³-hybridized carbons (Fsp3) is 0.227. The van der Waals surface area contributed by atoms with Gasteiger partial charge in [-0.25, -0.2) is 9.78 Å². The van der Waals surface area contributed by atoms with Crippen LogP contribution in [0.5, 0.6) is 0 Å². The van der Waals surface area contributed by atoms with E-state index in [9.17, 15) is 4.79 Å². The first-order valence-electron chi connectivity index (χ1n) is 8.94. The van der Waals surface area contributed by atoms with Gasteiger partial charge < -0.3 is 9.15 Å². The van der Waals surface area contributed by atoms with Crippen molar-refractivity contribution in [3.63, 3.8) is 0 Å². The molecular weight excluding hydrogens is 340 g/mol. The van der Waals surface area contributed by atoms with E-state index in [4.69, 9.17) is 19.4 Å². The molecule has 4 rings (SSSR count). The predicted molar refractivity (Wildman–Crippen MR) is 102 cm³/mol. The fourth-order valence-corrected chi connectivity index (χ4v) is 3.50. The Bertz CT molecular complexity index is 1070. The highest BCUT2D eigenvalue weighted by atomic mass is 16.5. The van der Waals surface area contributed by atoms with Crippen LogP contribution >= 0.6 is 0 Å². The number of hydrogen-bond acceptors (Lipinski definition) is 5. The van der Waals surface area contributed by atoms with Crippen LogP contribution in [0.3, 0.4) is 0 Å². The summed E-state index contributed by atoms with van der Waals surface area (Å²) in [7, 11) is 0. The number of ether oxygens (including phenoxy) is 1. The topological polar surface area (TPSA) is 76.1 Å². The smallest absolute Gasteiger partial charge is 0.340 e. The maximum Gasteiger partial charge on any atom is 0.340 e.